The summed E-state index contributed by atoms with van der Waals surface area (Å²) in [5.41, 5.74) is 6.62. The van der Waals surface area contributed by atoms with Crippen molar-refractivity contribution in [3.63, 3.8) is 0 Å². The molecule has 1 N–H and O–H groups in total. The number of aliphatic hydroxyl groups excluding tert-OH is 1. The zero-order valence-corrected chi connectivity index (χ0v) is 25.1. The molecule has 2 aromatic rings. The molecule has 0 fully saturated rings. The van der Waals surface area contributed by atoms with E-state index >= 15 is 0 Å². The summed E-state index contributed by atoms with van der Waals surface area (Å²) in [5.74, 6) is 0.931. The second kappa shape index (κ2) is 13.0. The van der Waals surface area contributed by atoms with Crippen LogP contribution < -0.4 is 4.74 Å². The van der Waals surface area contributed by atoms with E-state index in [1.54, 1.807) is 6.20 Å². The van der Waals surface area contributed by atoms with E-state index in [0.717, 1.165) is 41.8 Å². The van der Waals surface area contributed by atoms with Crippen molar-refractivity contribution in [3.05, 3.63) is 76.6 Å². The molecular formula is C34H47NO4. The van der Waals surface area contributed by atoms with E-state index in [1.165, 1.54) is 16.7 Å². The Labute approximate surface area is 235 Å². The highest BCUT2D eigenvalue weighted by atomic mass is 16.5. The van der Waals surface area contributed by atoms with Gasteiger partial charge in [-0.2, -0.15) is 0 Å². The Bertz CT molecular complexity index is 1180. The van der Waals surface area contributed by atoms with Gasteiger partial charge >= 0.3 is 5.97 Å². The Kier molecular flexibility index (Phi) is 10.2. The molecule has 2 atom stereocenters. The molecule has 1 aliphatic rings. The number of carbonyl (C=O) groups excluding carboxylic acids is 1. The van der Waals surface area contributed by atoms with Crippen LogP contribution in [0.5, 0.6) is 5.75 Å². The van der Waals surface area contributed by atoms with Crippen LogP contribution in [-0.2, 0) is 21.4 Å². The minimum atomic E-state index is -0.528. The summed E-state index contributed by atoms with van der Waals surface area (Å²) in [7, 11) is 0. The Morgan fingerprint density at radius 3 is 2.36 bits per heavy atom. The van der Waals surface area contributed by atoms with Crippen molar-refractivity contribution in [2.45, 2.75) is 92.6 Å². The molecule has 0 radical (unpaired) electrons. The normalized spacial score (nSPS) is 16.8. The number of ether oxygens (including phenoxy) is 2. The van der Waals surface area contributed by atoms with E-state index in [1.807, 2.05) is 39.8 Å². The van der Waals surface area contributed by atoms with Gasteiger partial charge in [-0.15, -0.1) is 0 Å². The van der Waals surface area contributed by atoms with Gasteiger partial charge in [0.1, 0.15) is 12.4 Å². The maximum atomic E-state index is 11.8. The van der Waals surface area contributed by atoms with Crippen LogP contribution in [0.25, 0.3) is 5.57 Å². The van der Waals surface area contributed by atoms with Gasteiger partial charge in [-0.05, 0) is 78.8 Å². The lowest BCUT2D eigenvalue weighted by atomic mass is 9.65. The van der Waals surface area contributed by atoms with Crippen molar-refractivity contribution >= 4 is 11.5 Å². The first-order valence-corrected chi connectivity index (χ1v) is 14.4. The molecule has 1 aromatic heterocycles. The Hall–Kier alpha value is -2.92. The lowest BCUT2D eigenvalue weighted by Gasteiger charge is -2.39. The number of pyridine rings is 1. The Morgan fingerprint density at radius 2 is 1.82 bits per heavy atom. The molecule has 0 aliphatic heterocycles. The van der Waals surface area contributed by atoms with Gasteiger partial charge < -0.3 is 14.6 Å². The minimum Gasteiger partial charge on any atom is -0.491 e. The lowest BCUT2D eigenvalue weighted by Crippen LogP contribution is -2.32. The molecule has 3 rings (SSSR count). The van der Waals surface area contributed by atoms with Crippen LogP contribution in [0.1, 0.15) is 90.1 Å². The number of nitrogens with zero attached hydrogens (tertiary/aromatic N) is 1. The quantitative estimate of drug-likeness (QED) is 0.305. The highest BCUT2D eigenvalue weighted by Gasteiger charge is 2.35. The number of allylic oxidation sites excluding steroid dienone is 4. The van der Waals surface area contributed by atoms with E-state index < -0.39 is 6.10 Å². The van der Waals surface area contributed by atoms with Gasteiger partial charge in [0.25, 0.3) is 0 Å². The van der Waals surface area contributed by atoms with E-state index in [-0.39, 0.29) is 29.8 Å². The monoisotopic (exact) mass is 533 g/mol. The summed E-state index contributed by atoms with van der Waals surface area (Å²) < 4.78 is 11.1. The SMILES string of the molecule is CCOC(=O)Cc1ccc(C2=CC=C(C(CC)(CC)c3ccc(OCC(O)C(C)(C)C)c(C)c3)CC2C)nc1. The molecule has 2 unspecified atom stereocenters. The van der Waals surface area contributed by atoms with Gasteiger partial charge in [0, 0.05) is 11.6 Å². The number of aryl methyl sites for hydroxylation is 1. The van der Waals surface area contributed by atoms with E-state index in [0.29, 0.717) is 12.5 Å². The van der Waals surface area contributed by atoms with E-state index in [9.17, 15) is 9.90 Å². The fourth-order valence-electron chi connectivity index (χ4n) is 5.46. The fourth-order valence-corrected chi connectivity index (χ4v) is 5.46. The van der Waals surface area contributed by atoms with E-state index in [2.05, 4.69) is 63.0 Å². The van der Waals surface area contributed by atoms with Crippen LogP contribution in [0.2, 0.25) is 0 Å². The third-order valence-corrected chi connectivity index (χ3v) is 8.24. The van der Waals surface area contributed by atoms with Crippen molar-refractivity contribution in [3.8, 4) is 5.75 Å². The Morgan fingerprint density at radius 1 is 1.10 bits per heavy atom. The number of hydrogen-bond donors (Lipinski definition) is 1. The van der Waals surface area contributed by atoms with Crippen LogP contribution >= 0.6 is 0 Å². The average molecular weight is 534 g/mol. The molecule has 0 spiro atoms. The predicted octanol–water partition coefficient (Wildman–Crippen LogP) is 7.39. The Balaban J connectivity index is 1.84. The molecular weight excluding hydrogens is 486 g/mol. The van der Waals surface area contributed by atoms with Crippen molar-refractivity contribution in [2.24, 2.45) is 11.3 Å². The standard InChI is InChI=1S/C34H47NO4/c1-9-34(10-2,27-14-17-30(24(5)19-27)39-22-31(36)33(6,7)8)26-13-15-28(23(4)18-26)29-16-12-25(21-35-29)20-32(37)38-11-3/h12-17,19,21,23,31,36H,9-11,18,20,22H2,1-8H3. The summed E-state index contributed by atoms with van der Waals surface area (Å²) in [6.45, 7) is 17.4. The number of esters is 1. The summed E-state index contributed by atoms with van der Waals surface area (Å²) in [5, 5.41) is 10.4. The fraction of sp³-hybridized carbons (Fsp3) is 0.529. The van der Waals surface area contributed by atoms with Crippen LogP contribution in [0.3, 0.4) is 0 Å². The van der Waals surface area contributed by atoms with Gasteiger partial charge in [0.15, 0.2) is 0 Å². The average Bonchev–Trinajstić information content (AvgIpc) is 2.89. The third-order valence-electron chi connectivity index (χ3n) is 8.24. The number of hydrogen-bond acceptors (Lipinski definition) is 5. The first kappa shape index (κ1) is 30.6. The molecule has 39 heavy (non-hydrogen) atoms. The molecule has 0 saturated carbocycles. The summed E-state index contributed by atoms with van der Waals surface area (Å²) in [4.78, 5) is 16.5. The van der Waals surface area contributed by atoms with Crippen LogP contribution in [0.4, 0.5) is 0 Å². The first-order valence-electron chi connectivity index (χ1n) is 14.4. The summed E-state index contributed by atoms with van der Waals surface area (Å²) in [6, 6.07) is 10.5. The van der Waals surface area contributed by atoms with Gasteiger partial charge in [-0.3, -0.25) is 9.78 Å². The topological polar surface area (TPSA) is 68.7 Å². The minimum absolute atomic E-state index is 0.0541. The molecule has 1 aliphatic carbocycles. The number of aliphatic hydroxyl groups is 1. The molecule has 0 amide bonds. The molecule has 212 valence electrons. The second-order valence-corrected chi connectivity index (χ2v) is 11.9. The van der Waals surface area contributed by atoms with Crippen molar-refractivity contribution in [1.82, 2.24) is 4.98 Å². The molecule has 0 bridgehead atoms. The third kappa shape index (κ3) is 7.19. The number of carbonyl (C=O) groups is 1. The van der Waals surface area contributed by atoms with Crippen LogP contribution in [0, 0.1) is 18.3 Å². The van der Waals surface area contributed by atoms with Gasteiger partial charge in [0.05, 0.1) is 24.8 Å². The van der Waals surface area contributed by atoms with Gasteiger partial charge in [-0.1, -0.05) is 77.5 Å². The molecule has 1 heterocycles. The first-order chi connectivity index (χ1) is 18.4. The lowest BCUT2D eigenvalue weighted by molar-refractivity contribution is -0.142. The number of benzene rings is 1. The van der Waals surface area contributed by atoms with E-state index in [4.69, 9.17) is 9.47 Å². The predicted molar refractivity (Wildman–Crippen MR) is 159 cm³/mol. The zero-order chi connectivity index (χ0) is 28.8. The maximum Gasteiger partial charge on any atom is 0.310 e. The molecule has 0 saturated heterocycles. The number of aromatic nitrogens is 1. The van der Waals surface area contributed by atoms with Crippen molar-refractivity contribution in [2.75, 3.05) is 13.2 Å². The maximum absolute atomic E-state index is 11.8. The molecule has 5 nitrogen and oxygen atoms in total. The smallest absolute Gasteiger partial charge is 0.310 e. The molecule has 1 aromatic carbocycles. The number of rotatable bonds is 11. The van der Waals surface area contributed by atoms with Gasteiger partial charge in [0.2, 0.25) is 0 Å². The molecule has 5 heteroatoms. The van der Waals surface area contributed by atoms with Crippen LogP contribution in [0.15, 0.2) is 54.3 Å². The van der Waals surface area contributed by atoms with Crippen molar-refractivity contribution < 1.29 is 19.4 Å². The van der Waals surface area contributed by atoms with Crippen molar-refractivity contribution in [1.29, 1.82) is 0 Å². The largest absolute Gasteiger partial charge is 0.491 e. The summed E-state index contributed by atoms with van der Waals surface area (Å²) >= 11 is 0. The highest BCUT2D eigenvalue weighted by molar-refractivity contribution is 5.73. The second-order valence-electron chi connectivity index (χ2n) is 11.9. The zero-order valence-electron chi connectivity index (χ0n) is 25.1. The van der Waals surface area contributed by atoms with Crippen LogP contribution in [-0.4, -0.2) is 35.4 Å². The highest BCUT2D eigenvalue weighted by Crippen LogP contribution is 2.46. The van der Waals surface area contributed by atoms with Gasteiger partial charge in [-0.25, -0.2) is 0 Å². The summed E-state index contributed by atoms with van der Waals surface area (Å²) in [6.07, 6.45) is 9.02.